The summed E-state index contributed by atoms with van der Waals surface area (Å²) in [7, 11) is 1.68. The molecule has 19 heavy (non-hydrogen) atoms. The number of methoxy groups -OCH3 is 1. The predicted molar refractivity (Wildman–Crippen MR) is 69.8 cm³/mol. The third-order valence-electron chi connectivity index (χ3n) is 2.70. The SMILES string of the molecule is COCCCn1nnnc1C(C)Oc1ccccc1. The van der Waals surface area contributed by atoms with Crippen LogP contribution in [-0.4, -0.2) is 33.9 Å². The number of benzene rings is 1. The molecule has 0 spiro atoms. The molecule has 1 heterocycles. The van der Waals surface area contributed by atoms with Crippen molar-refractivity contribution in [3.05, 3.63) is 36.2 Å². The molecule has 6 nitrogen and oxygen atoms in total. The second-order valence-corrected chi connectivity index (χ2v) is 4.18. The molecule has 2 rings (SSSR count). The van der Waals surface area contributed by atoms with Crippen LogP contribution in [0.2, 0.25) is 0 Å². The summed E-state index contributed by atoms with van der Waals surface area (Å²) in [6.45, 7) is 3.34. The van der Waals surface area contributed by atoms with Crippen molar-refractivity contribution < 1.29 is 9.47 Å². The average Bonchev–Trinajstić information content (AvgIpc) is 2.89. The number of tetrazole rings is 1. The zero-order valence-corrected chi connectivity index (χ0v) is 11.2. The van der Waals surface area contributed by atoms with Crippen LogP contribution < -0.4 is 4.74 Å². The van der Waals surface area contributed by atoms with Gasteiger partial charge in [-0.25, -0.2) is 4.68 Å². The maximum absolute atomic E-state index is 5.81. The Morgan fingerprint density at radius 3 is 2.79 bits per heavy atom. The second kappa shape index (κ2) is 6.84. The van der Waals surface area contributed by atoms with E-state index < -0.39 is 0 Å². The highest BCUT2D eigenvalue weighted by molar-refractivity contribution is 5.21. The van der Waals surface area contributed by atoms with Crippen molar-refractivity contribution in [2.75, 3.05) is 13.7 Å². The average molecular weight is 262 g/mol. The van der Waals surface area contributed by atoms with Gasteiger partial charge in [0.25, 0.3) is 0 Å². The van der Waals surface area contributed by atoms with Crippen molar-refractivity contribution in [3.63, 3.8) is 0 Å². The summed E-state index contributed by atoms with van der Waals surface area (Å²) in [4.78, 5) is 0. The third kappa shape index (κ3) is 3.75. The van der Waals surface area contributed by atoms with Gasteiger partial charge in [-0.3, -0.25) is 0 Å². The molecule has 1 atom stereocenters. The Kier molecular flexibility index (Phi) is 4.85. The topological polar surface area (TPSA) is 62.1 Å². The van der Waals surface area contributed by atoms with E-state index in [-0.39, 0.29) is 6.10 Å². The first-order valence-corrected chi connectivity index (χ1v) is 6.28. The minimum Gasteiger partial charge on any atom is -0.483 e. The molecule has 0 saturated heterocycles. The summed E-state index contributed by atoms with van der Waals surface area (Å²) in [6, 6.07) is 9.64. The van der Waals surface area contributed by atoms with Crippen molar-refractivity contribution in [2.24, 2.45) is 0 Å². The fourth-order valence-electron chi connectivity index (χ4n) is 1.78. The molecule has 0 aliphatic rings. The second-order valence-electron chi connectivity index (χ2n) is 4.18. The van der Waals surface area contributed by atoms with E-state index in [0.717, 1.165) is 24.5 Å². The number of nitrogens with zero attached hydrogens (tertiary/aromatic N) is 4. The molecule has 1 unspecified atom stereocenters. The molecular weight excluding hydrogens is 244 g/mol. The number of aryl methyl sites for hydroxylation is 1. The van der Waals surface area contributed by atoms with E-state index in [0.29, 0.717) is 6.61 Å². The van der Waals surface area contributed by atoms with E-state index in [1.807, 2.05) is 37.3 Å². The maximum Gasteiger partial charge on any atom is 0.191 e. The first-order chi connectivity index (χ1) is 9.31. The van der Waals surface area contributed by atoms with Crippen molar-refractivity contribution in [1.82, 2.24) is 20.2 Å². The van der Waals surface area contributed by atoms with Crippen LogP contribution in [0.4, 0.5) is 0 Å². The molecule has 0 N–H and O–H groups in total. The van der Waals surface area contributed by atoms with Gasteiger partial charge >= 0.3 is 0 Å². The largest absolute Gasteiger partial charge is 0.483 e. The lowest BCUT2D eigenvalue weighted by atomic mass is 10.3. The Balaban J connectivity index is 1.99. The monoisotopic (exact) mass is 262 g/mol. The molecule has 6 heteroatoms. The van der Waals surface area contributed by atoms with E-state index in [9.17, 15) is 0 Å². The Morgan fingerprint density at radius 2 is 2.05 bits per heavy atom. The maximum atomic E-state index is 5.81. The van der Waals surface area contributed by atoms with Crippen LogP contribution in [0.25, 0.3) is 0 Å². The summed E-state index contributed by atoms with van der Waals surface area (Å²) in [6.07, 6.45) is 0.673. The number of ether oxygens (including phenoxy) is 2. The molecular formula is C13H18N4O2. The lowest BCUT2D eigenvalue weighted by Gasteiger charge is -2.14. The molecule has 0 amide bonds. The first-order valence-electron chi connectivity index (χ1n) is 6.28. The van der Waals surface area contributed by atoms with Gasteiger partial charge in [0.2, 0.25) is 0 Å². The van der Waals surface area contributed by atoms with Gasteiger partial charge in [-0.2, -0.15) is 0 Å². The summed E-state index contributed by atoms with van der Waals surface area (Å²) >= 11 is 0. The van der Waals surface area contributed by atoms with Crippen LogP contribution in [0.3, 0.4) is 0 Å². The van der Waals surface area contributed by atoms with Gasteiger partial charge in [0, 0.05) is 20.3 Å². The molecule has 0 fully saturated rings. The third-order valence-corrected chi connectivity index (χ3v) is 2.70. The standard InChI is InChI=1S/C13H18N4O2/c1-11(19-12-7-4-3-5-8-12)13-14-15-16-17(13)9-6-10-18-2/h3-5,7-8,11H,6,9-10H2,1-2H3. The van der Waals surface area contributed by atoms with E-state index in [2.05, 4.69) is 15.5 Å². The number of rotatable bonds is 7. The smallest absolute Gasteiger partial charge is 0.191 e. The van der Waals surface area contributed by atoms with Gasteiger partial charge in [-0.05, 0) is 35.9 Å². The number of hydrogen-bond donors (Lipinski definition) is 0. The van der Waals surface area contributed by atoms with Crippen LogP contribution in [-0.2, 0) is 11.3 Å². The lowest BCUT2D eigenvalue weighted by Crippen LogP contribution is -2.14. The van der Waals surface area contributed by atoms with Gasteiger partial charge in [-0.1, -0.05) is 18.2 Å². The summed E-state index contributed by atoms with van der Waals surface area (Å²) < 4.78 is 12.6. The van der Waals surface area contributed by atoms with Crippen molar-refractivity contribution in [3.8, 4) is 5.75 Å². The Hall–Kier alpha value is -1.95. The van der Waals surface area contributed by atoms with E-state index >= 15 is 0 Å². The summed E-state index contributed by atoms with van der Waals surface area (Å²) in [5, 5.41) is 11.7. The van der Waals surface area contributed by atoms with E-state index in [1.54, 1.807) is 11.8 Å². The number of para-hydroxylation sites is 1. The minimum absolute atomic E-state index is 0.194. The Morgan fingerprint density at radius 1 is 1.26 bits per heavy atom. The number of hydrogen-bond acceptors (Lipinski definition) is 5. The fraction of sp³-hybridized carbons (Fsp3) is 0.462. The fourth-order valence-corrected chi connectivity index (χ4v) is 1.78. The highest BCUT2D eigenvalue weighted by atomic mass is 16.5. The van der Waals surface area contributed by atoms with Crippen molar-refractivity contribution in [2.45, 2.75) is 26.0 Å². The molecule has 0 aliphatic carbocycles. The summed E-state index contributed by atoms with van der Waals surface area (Å²) in [5.41, 5.74) is 0. The van der Waals surface area contributed by atoms with Crippen LogP contribution >= 0.6 is 0 Å². The molecule has 1 aromatic heterocycles. The van der Waals surface area contributed by atoms with Gasteiger partial charge in [-0.15, -0.1) is 5.10 Å². The molecule has 0 bridgehead atoms. The predicted octanol–water partition coefficient (Wildman–Crippen LogP) is 1.85. The van der Waals surface area contributed by atoms with Gasteiger partial charge in [0.1, 0.15) is 5.75 Å². The van der Waals surface area contributed by atoms with Gasteiger partial charge in [0.05, 0.1) is 0 Å². The van der Waals surface area contributed by atoms with Crippen LogP contribution in [0.5, 0.6) is 5.75 Å². The molecule has 0 saturated carbocycles. The highest BCUT2D eigenvalue weighted by Gasteiger charge is 2.15. The van der Waals surface area contributed by atoms with E-state index in [1.165, 1.54) is 0 Å². The molecule has 0 aliphatic heterocycles. The Bertz CT molecular complexity index is 486. The Labute approximate surface area is 112 Å². The van der Waals surface area contributed by atoms with Gasteiger partial charge < -0.3 is 9.47 Å². The van der Waals surface area contributed by atoms with Gasteiger partial charge in [0.15, 0.2) is 11.9 Å². The normalized spacial score (nSPS) is 12.3. The zero-order chi connectivity index (χ0) is 13.5. The van der Waals surface area contributed by atoms with Crippen LogP contribution in [0.15, 0.2) is 30.3 Å². The molecule has 1 aromatic carbocycles. The van der Waals surface area contributed by atoms with Crippen LogP contribution in [0.1, 0.15) is 25.3 Å². The molecule has 102 valence electrons. The lowest BCUT2D eigenvalue weighted by molar-refractivity contribution is 0.182. The summed E-state index contributed by atoms with van der Waals surface area (Å²) in [5.74, 6) is 1.53. The zero-order valence-electron chi connectivity index (χ0n) is 11.2. The van der Waals surface area contributed by atoms with Crippen molar-refractivity contribution in [1.29, 1.82) is 0 Å². The van der Waals surface area contributed by atoms with E-state index in [4.69, 9.17) is 9.47 Å². The highest BCUT2D eigenvalue weighted by Crippen LogP contribution is 2.19. The van der Waals surface area contributed by atoms with Crippen LogP contribution in [0, 0.1) is 0 Å². The number of aromatic nitrogens is 4. The first kappa shape index (κ1) is 13.5. The van der Waals surface area contributed by atoms with Crippen molar-refractivity contribution >= 4 is 0 Å². The quantitative estimate of drug-likeness (QED) is 0.713. The minimum atomic E-state index is -0.194. The molecule has 0 radical (unpaired) electrons. The molecule has 2 aromatic rings.